The van der Waals surface area contributed by atoms with Crippen LogP contribution in [0.5, 0.6) is 5.75 Å². The summed E-state index contributed by atoms with van der Waals surface area (Å²) in [5.41, 5.74) is 2.88. The molecule has 2 aromatic heterocycles. The second-order valence-electron chi connectivity index (χ2n) is 5.32. The van der Waals surface area contributed by atoms with E-state index < -0.39 is 0 Å². The fraction of sp³-hybridized carbons (Fsp3) is 0.0526. The first-order valence-corrected chi connectivity index (χ1v) is 7.45. The number of nitrogens with zero attached hydrogens (tertiary/aromatic N) is 2. The lowest BCUT2D eigenvalue weighted by atomic mass is 10.1. The summed E-state index contributed by atoms with van der Waals surface area (Å²) in [5.74, 6) is 0.751. The van der Waals surface area contributed by atoms with Crippen LogP contribution in [-0.2, 0) is 6.61 Å². The quantitative estimate of drug-likeness (QED) is 0.614. The highest BCUT2D eigenvalue weighted by Crippen LogP contribution is 2.19. The number of hydrogen-bond acceptors (Lipinski definition) is 3. The topological polar surface area (TPSA) is 50.8 Å². The Morgan fingerprint density at radius 2 is 1.83 bits per heavy atom. The molecule has 23 heavy (non-hydrogen) atoms. The van der Waals surface area contributed by atoms with Crippen LogP contribution < -0.4 is 4.74 Å². The zero-order valence-electron chi connectivity index (χ0n) is 12.4. The van der Waals surface area contributed by atoms with Crippen molar-refractivity contribution in [3.05, 3.63) is 78.6 Å². The summed E-state index contributed by atoms with van der Waals surface area (Å²) >= 11 is 0. The van der Waals surface area contributed by atoms with Crippen LogP contribution in [0.15, 0.2) is 73.1 Å². The van der Waals surface area contributed by atoms with Crippen molar-refractivity contribution in [1.29, 1.82) is 0 Å². The van der Waals surface area contributed by atoms with Crippen LogP contribution in [0.3, 0.4) is 0 Å². The lowest BCUT2D eigenvalue weighted by molar-refractivity contribution is 0.305. The normalized spacial score (nSPS) is 10.8. The van der Waals surface area contributed by atoms with Gasteiger partial charge >= 0.3 is 0 Å². The number of hydrogen-bond donors (Lipinski definition) is 1. The molecular formula is C19H15N3O. The molecule has 0 aliphatic rings. The monoisotopic (exact) mass is 301 g/mol. The average Bonchev–Trinajstić information content (AvgIpc) is 3.15. The number of ether oxygens (including phenoxy) is 1. The minimum atomic E-state index is 0.524. The molecule has 112 valence electrons. The molecule has 0 aliphatic carbocycles. The number of aromatic amines is 1. The van der Waals surface area contributed by atoms with Gasteiger partial charge in [-0.1, -0.05) is 36.4 Å². The van der Waals surface area contributed by atoms with Crippen molar-refractivity contribution in [3.8, 4) is 17.1 Å². The fourth-order valence-electron chi connectivity index (χ4n) is 2.52. The molecule has 0 atom stereocenters. The molecule has 2 aromatic carbocycles. The molecular weight excluding hydrogens is 286 g/mol. The Balaban J connectivity index is 1.47. The smallest absolute Gasteiger partial charge is 0.138 e. The third kappa shape index (κ3) is 2.92. The molecule has 0 saturated carbocycles. The van der Waals surface area contributed by atoms with Crippen LogP contribution in [0.2, 0.25) is 0 Å². The molecule has 0 radical (unpaired) electrons. The predicted molar refractivity (Wildman–Crippen MR) is 90.1 cm³/mol. The molecule has 0 fully saturated rings. The van der Waals surface area contributed by atoms with Gasteiger partial charge in [0.15, 0.2) is 0 Å². The Morgan fingerprint density at radius 3 is 2.61 bits per heavy atom. The van der Waals surface area contributed by atoms with Crippen molar-refractivity contribution in [3.63, 3.8) is 0 Å². The molecule has 4 rings (SSSR count). The van der Waals surface area contributed by atoms with Crippen molar-refractivity contribution in [2.45, 2.75) is 6.61 Å². The predicted octanol–water partition coefficient (Wildman–Crippen LogP) is 4.20. The van der Waals surface area contributed by atoms with E-state index >= 15 is 0 Å². The third-order valence-corrected chi connectivity index (χ3v) is 3.73. The van der Waals surface area contributed by atoms with E-state index in [1.807, 2.05) is 30.3 Å². The highest BCUT2D eigenvalue weighted by molar-refractivity contribution is 5.82. The summed E-state index contributed by atoms with van der Waals surface area (Å²) in [7, 11) is 0. The van der Waals surface area contributed by atoms with Gasteiger partial charge in [-0.15, -0.1) is 0 Å². The van der Waals surface area contributed by atoms with Crippen LogP contribution in [0.25, 0.3) is 22.2 Å². The van der Waals surface area contributed by atoms with Crippen molar-refractivity contribution in [2.24, 2.45) is 0 Å². The lowest BCUT2D eigenvalue weighted by Crippen LogP contribution is -1.96. The molecule has 4 aromatic rings. The van der Waals surface area contributed by atoms with Crippen LogP contribution >= 0.6 is 0 Å². The minimum Gasteiger partial charge on any atom is -0.487 e. The molecule has 1 N–H and O–H groups in total. The summed E-state index contributed by atoms with van der Waals surface area (Å²) in [6.07, 6.45) is 3.44. The van der Waals surface area contributed by atoms with E-state index in [9.17, 15) is 0 Å². The van der Waals surface area contributed by atoms with Crippen LogP contribution in [0.1, 0.15) is 5.56 Å². The highest BCUT2D eigenvalue weighted by atomic mass is 16.5. The molecule has 4 nitrogen and oxygen atoms in total. The van der Waals surface area contributed by atoms with Crippen molar-refractivity contribution in [2.75, 3.05) is 0 Å². The Kier molecular flexibility index (Phi) is 3.48. The van der Waals surface area contributed by atoms with E-state index in [2.05, 4.69) is 45.5 Å². The maximum Gasteiger partial charge on any atom is 0.138 e. The molecule has 4 heteroatoms. The van der Waals surface area contributed by atoms with Crippen molar-refractivity contribution in [1.82, 2.24) is 15.2 Å². The molecule has 0 unspecified atom stereocenters. The van der Waals surface area contributed by atoms with Crippen molar-refractivity contribution >= 4 is 10.8 Å². The zero-order valence-corrected chi connectivity index (χ0v) is 12.4. The molecule has 0 saturated heterocycles. The molecule has 2 heterocycles. The molecule has 0 bridgehead atoms. The minimum absolute atomic E-state index is 0.524. The van der Waals surface area contributed by atoms with Gasteiger partial charge in [-0.25, -0.2) is 0 Å². The Hall–Kier alpha value is -3.14. The van der Waals surface area contributed by atoms with E-state index in [0.717, 1.165) is 22.7 Å². The summed E-state index contributed by atoms with van der Waals surface area (Å²) in [5, 5.41) is 9.28. The highest BCUT2D eigenvalue weighted by Gasteiger charge is 2.02. The van der Waals surface area contributed by atoms with Crippen molar-refractivity contribution < 1.29 is 4.74 Å². The van der Waals surface area contributed by atoms with Crippen LogP contribution in [-0.4, -0.2) is 15.2 Å². The van der Waals surface area contributed by atoms with Gasteiger partial charge in [-0.3, -0.25) is 10.1 Å². The summed E-state index contributed by atoms with van der Waals surface area (Å²) in [6, 6.07) is 20.4. The number of fused-ring (bicyclic) bond motifs is 1. The Labute approximate surface area is 133 Å². The van der Waals surface area contributed by atoms with Gasteiger partial charge < -0.3 is 4.74 Å². The second kappa shape index (κ2) is 5.93. The first-order valence-electron chi connectivity index (χ1n) is 7.45. The van der Waals surface area contributed by atoms with Gasteiger partial charge in [0, 0.05) is 6.20 Å². The van der Waals surface area contributed by atoms with E-state index in [1.165, 1.54) is 10.8 Å². The number of rotatable bonds is 4. The maximum absolute atomic E-state index is 5.82. The Morgan fingerprint density at radius 1 is 0.913 bits per heavy atom. The summed E-state index contributed by atoms with van der Waals surface area (Å²) in [6.45, 7) is 0.524. The van der Waals surface area contributed by atoms with E-state index in [-0.39, 0.29) is 0 Å². The molecule has 0 spiro atoms. The van der Waals surface area contributed by atoms with Crippen LogP contribution in [0, 0.1) is 0 Å². The van der Waals surface area contributed by atoms with Gasteiger partial charge in [0.2, 0.25) is 0 Å². The Bertz CT molecular complexity index is 915. The standard InChI is InChI=1S/C19H15N3O/c1-2-4-16-11-14(5-6-15(16)3-1)13-23-17-7-8-18(20-12-17)19-9-10-21-22-19/h1-12H,13H2,(H,21,22). The maximum atomic E-state index is 5.82. The van der Waals surface area contributed by atoms with Gasteiger partial charge in [-0.05, 0) is 40.6 Å². The van der Waals surface area contributed by atoms with Gasteiger partial charge in [0.25, 0.3) is 0 Å². The SMILES string of the molecule is c1ccc2cc(COc3ccc(-c4ccn[nH]4)nc3)ccc2c1. The van der Waals surface area contributed by atoms with Gasteiger partial charge in [0.05, 0.1) is 17.6 Å². The average molecular weight is 301 g/mol. The number of pyridine rings is 1. The fourth-order valence-corrected chi connectivity index (χ4v) is 2.52. The number of benzene rings is 2. The molecule has 0 aliphatic heterocycles. The van der Waals surface area contributed by atoms with E-state index in [1.54, 1.807) is 12.4 Å². The van der Waals surface area contributed by atoms with Crippen LogP contribution in [0.4, 0.5) is 0 Å². The zero-order chi connectivity index (χ0) is 15.5. The largest absolute Gasteiger partial charge is 0.487 e. The number of H-pyrrole nitrogens is 1. The molecule has 0 amide bonds. The number of nitrogens with one attached hydrogen (secondary N) is 1. The first-order chi connectivity index (χ1) is 11.4. The third-order valence-electron chi connectivity index (χ3n) is 3.73. The lowest BCUT2D eigenvalue weighted by Gasteiger charge is -2.07. The van der Waals surface area contributed by atoms with Gasteiger partial charge in [0.1, 0.15) is 12.4 Å². The number of aromatic nitrogens is 3. The summed E-state index contributed by atoms with van der Waals surface area (Å²) < 4.78 is 5.82. The van der Waals surface area contributed by atoms with E-state index in [4.69, 9.17) is 4.74 Å². The second-order valence-corrected chi connectivity index (χ2v) is 5.32. The van der Waals surface area contributed by atoms with E-state index in [0.29, 0.717) is 6.61 Å². The summed E-state index contributed by atoms with van der Waals surface area (Å²) in [4.78, 5) is 4.39. The first kappa shape index (κ1) is 13.5. The van der Waals surface area contributed by atoms with Gasteiger partial charge in [-0.2, -0.15) is 5.10 Å².